The van der Waals surface area contributed by atoms with Crippen LogP contribution < -0.4 is 5.32 Å². The van der Waals surface area contributed by atoms with Crippen molar-refractivity contribution in [1.29, 1.82) is 0 Å². The van der Waals surface area contributed by atoms with Crippen molar-refractivity contribution in [2.75, 3.05) is 5.32 Å². The monoisotopic (exact) mass is 214 g/mol. The number of carbonyl (C=O) groups is 1. The molecule has 0 aromatic carbocycles. The molecule has 15 heavy (non-hydrogen) atoms. The maximum absolute atomic E-state index is 10.5. The summed E-state index contributed by atoms with van der Waals surface area (Å²) in [6, 6.07) is -0.222. The predicted octanol–water partition coefficient (Wildman–Crippen LogP) is 0.944. The normalized spacial score (nSPS) is 13.6. The van der Waals surface area contributed by atoms with Gasteiger partial charge in [0.25, 0.3) is 6.01 Å². The molecule has 0 amide bonds. The lowest BCUT2D eigenvalue weighted by Crippen LogP contribution is -2.39. The molecule has 0 aliphatic carbocycles. The van der Waals surface area contributed by atoms with Crippen molar-refractivity contribution in [1.82, 2.24) is 4.98 Å². The van der Waals surface area contributed by atoms with Crippen molar-refractivity contribution in [3.8, 4) is 0 Å². The van der Waals surface area contributed by atoms with Gasteiger partial charge in [0.15, 0.2) is 5.69 Å². The van der Waals surface area contributed by atoms with Gasteiger partial charge in [-0.15, -0.1) is 0 Å². The first kappa shape index (κ1) is 11.5. The van der Waals surface area contributed by atoms with Crippen LogP contribution >= 0.6 is 0 Å². The van der Waals surface area contributed by atoms with Gasteiger partial charge in [-0.3, -0.25) is 0 Å². The smallest absolute Gasteiger partial charge is 0.357 e. The third-order valence-corrected chi connectivity index (χ3v) is 2.12. The summed E-state index contributed by atoms with van der Waals surface area (Å²) >= 11 is 0. The predicted molar refractivity (Wildman–Crippen MR) is 52.8 cm³/mol. The van der Waals surface area contributed by atoms with Crippen LogP contribution in [0.5, 0.6) is 0 Å². The van der Waals surface area contributed by atoms with Gasteiger partial charge in [-0.2, -0.15) is 4.98 Å². The van der Waals surface area contributed by atoms with Gasteiger partial charge in [-0.25, -0.2) is 4.79 Å². The molecule has 1 atom stereocenters. The molecule has 6 nitrogen and oxygen atoms in total. The van der Waals surface area contributed by atoms with Gasteiger partial charge in [0.1, 0.15) is 6.26 Å². The zero-order chi connectivity index (χ0) is 11.6. The molecule has 1 heterocycles. The minimum absolute atomic E-state index is 0.0852. The average molecular weight is 214 g/mol. The number of nitrogens with one attached hydrogen (secondary N) is 1. The summed E-state index contributed by atoms with van der Waals surface area (Å²) in [6.45, 7) is 5.00. The summed E-state index contributed by atoms with van der Waals surface area (Å²) in [5, 5.41) is 21.0. The van der Waals surface area contributed by atoms with Crippen LogP contribution in [0.2, 0.25) is 0 Å². The van der Waals surface area contributed by atoms with Crippen LogP contribution in [-0.2, 0) is 0 Å². The number of aliphatic hydroxyl groups is 1. The van der Waals surface area contributed by atoms with Crippen molar-refractivity contribution in [2.45, 2.75) is 32.4 Å². The fraction of sp³-hybridized carbons (Fsp3) is 0.556. The molecule has 1 unspecified atom stereocenters. The maximum Gasteiger partial charge on any atom is 0.357 e. The van der Waals surface area contributed by atoms with Crippen LogP contribution in [0.25, 0.3) is 0 Å². The van der Waals surface area contributed by atoms with Crippen LogP contribution in [0.1, 0.15) is 31.3 Å². The Hall–Kier alpha value is -1.56. The minimum Gasteiger partial charge on any atom is -0.476 e. The fourth-order valence-electron chi connectivity index (χ4n) is 0.800. The van der Waals surface area contributed by atoms with E-state index < -0.39 is 11.6 Å². The second-order valence-corrected chi connectivity index (χ2v) is 3.86. The van der Waals surface area contributed by atoms with Gasteiger partial charge in [0.05, 0.1) is 11.6 Å². The Morgan fingerprint density at radius 3 is 2.67 bits per heavy atom. The molecule has 1 rings (SSSR count). The van der Waals surface area contributed by atoms with Crippen molar-refractivity contribution >= 4 is 12.0 Å². The fourth-order valence-corrected chi connectivity index (χ4v) is 0.800. The lowest BCUT2D eigenvalue weighted by atomic mass is 10.0. The number of aromatic nitrogens is 1. The quantitative estimate of drug-likeness (QED) is 0.690. The van der Waals surface area contributed by atoms with Gasteiger partial charge in [0, 0.05) is 0 Å². The highest BCUT2D eigenvalue weighted by Gasteiger charge is 2.23. The highest BCUT2D eigenvalue weighted by molar-refractivity contribution is 5.85. The summed E-state index contributed by atoms with van der Waals surface area (Å²) in [5.41, 5.74) is -1.11. The maximum atomic E-state index is 10.5. The van der Waals surface area contributed by atoms with E-state index in [2.05, 4.69) is 10.3 Å². The highest BCUT2D eigenvalue weighted by atomic mass is 16.4. The third kappa shape index (κ3) is 2.95. The van der Waals surface area contributed by atoms with Crippen LogP contribution in [0.15, 0.2) is 10.7 Å². The van der Waals surface area contributed by atoms with Crippen molar-refractivity contribution in [2.24, 2.45) is 0 Å². The Labute approximate surface area is 86.9 Å². The van der Waals surface area contributed by atoms with Crippen LogP contribution in [0.3, 0.4) is 0 Å². The standard InChI is InChI=1S/C9H14N2O4/c1-5(9(2,3)14)10-8-11-6(4-15-8)7(12)13/h4-5,14H,1-3H3,(H,10,11)(H,12,13). The SMILES string of the molecule is CC(Nc1nc(C(=O)O)co1)C(C)(C)O. The molecular weight excluding hydrogens is 200 g/mol. The zero-order valence-electron chi connectivity index (χ0n) is 8.81. The van der Waals surface area contributed by atoms with Crippen LogP contribution in [0.4, 0.5) is 6.01 Å². The van der Waals surface area contributed by atoms with Crippen LogP contribution in [0, 0.1) is 0 Å². The van der Waals surface area contributed by atoms with E-state index in [1.54, 1.807) is 20.8 Å². The van der Waals surface area contributed by atoms with E-state index in [0.717, 1.165) is 6.26 Å². The Morgan fingerprint density at radius 1 is 1.67 bits per heavy atom. The lowest BCUT2D eigenvalue weighted by Gasteiger charge is -2.25. The summed E-state index contributed by atoms with van der Waals surface area (Å²) in [6.07, 6.45) is 1.04. The number of hydrogen-bond acceptors (Lipinski definition) is 5. The zero-order valence-corrected chi connectivity index (χ0v) is 8.81. The molecule has 0 spiro atoms. The van der Waals surface area contributed by atoms with Gasteiger partial charge >= 0.3 is 5.97 Å². The van der Waals surface area contributed by atoms with Gasteiger partial charge < -0.3 is 19.9 Å². The molecule has 0 aliphatic rings. The topological polar surface area (TPSA) is 95.6 Å². The van der Waals surface area contributed by atoms with E-state index in [4.69, 9.17) is 9.52 Å². The number of anilines is 1. The highest BCUT2D eigenvalue weighted by Crippen LogP contribution is 2.15. The second-order valence-electron chi connectivity index (χ2n) is 3.86. The lowest BCUT2D eigenvalue weighted by molar-refractivity contribution is 0.0640. The van der Waals surface area contributed by atoms with E-state index in [0.29, 0.717) is 0 Å². The molecule has 0 saturated carbocycles. The number of rotatable bonds is 4. The molecule has 3 N–H and O–H groups in total. The molecule has 0 bridgehead atoms. The molecule has 84 valence electrons. The summed E-state index contributed by atoms with van der Waals surface area (Å²) in [5.74, 6) is -1.15. The molecular formula is C9H14N2O4. The van der Waals surface area contributed by atoms with E-state index in [9.17, 15) is 9.90 Å². The molecule has 0 fully saturated rings. The Bertz CT molecular complexity index is 353. The van der Waals surface area contributed by atoms with E-state index in [1.165, 1.54) is 0 Å². The summed E-state index contributed by atoms with van der Waals surface area (Å²) in [4.78, 5) is 14.2. The molecule has 0 saturated heterocycles. The number of carboxylic acid groups (broad SMARTS) is 1. The Kier molecular flexibility index (Phi) is 2.99. The number of oxazole rings is 1. The summed E-state index contributed by atoms with van der Waals surface area (Å²) in [7, 11) is 0. The van der Waals surface area contributed by atoms with E-state index >= 15 is 0 Å². The average Bonchev–Trinajstić information content (AvgIpc) is 2.50. The number of carboxylic acids is 1. The van der Waals surface area contributed by atoms with E-state index in [1.807, 2.05) is 0 Å². The van der Waals surface area contributed by atoms with Crippen molar-refractivity contribution in [3.63, 3.8) is 0 Å². The van der Waals surface area contributed by atoms with Gasteiger partial charge in [0.2, 0.25) is 0 Å². The molecule has 6 heteroatoms. The summed E-state index contributed by atoms with van der Waals surface area (Å²) < 4.78 is 4.88. The Morgan fingerprint density at radius 2 is 2.27 bits per heavy atom. The molecule has 1 aromatic rings. The van der Waals surface area contributed by atoms with E-state index in [-0.39, 0.29) is 17.8 Å². The van der Waals surface area contributed by atoms with Crippen molar-refractivity contribution in [3.05, 3.63) is 12.0 Å². The molecule has 1 aromatic heterocycles. The third-order valence-electron chi connectivity index (χ3n) is 2.12. The largest absolute Gasteiger partial charge is 0.476 e. The number of hydrogen-bond donors (Lipinski definition) is 3. The minimum atomic E-state index is -1.15. The second kappa shape index (κ2) is 3.90. The van der Waals surface area contributed by atoms with Gasteiger partial charge in [-0.05, 0) is 20.8 Å². The Balaban J connectivity index is 2.69. The number of nitrogens with zero attached hydrogens (tertiary/aromatic N) is 1. The molecule has 0 aliphatic heterocycles. The first-order chi connectivity index (χ1) is 6.80. The van der Waals surface area contributed by atoms with Crippen LogP contribution in [-0.4, -0.2) is 32.8 Å². The van der Waals surface area contributed by atoms with Crippen molar-refractivity contribution < 1.29 is 19.4 Å². The first-order valence-corrected chi connectivity index (χ1v) is 4.48. The number of aromatic carboxylic acids is 1. The van der Waals surface area contributed by atoms with Gasteiger partial charge in [-0.1, -0.05) is 0 Å². The first-order valence-electron chi connectivity index (χ1n) is 4.48. The molecule has 0 radical (unpaired) electrons.